The molecule has 0 radical (unpaired) electrons. The molecule has 1 aliphatic rings. The molecule has 27 heavy (non-hydrogen) atoms. The minimum atomic E-state index is 0.182. The van der Waals surface area contributed by atoms with Crippen LogP contribution in [0.25, 0.3) is 0 Å². The Morgan fingerprint density at radius 2 is 1.22 bits per heavy atom. The van der Waals surface area contributed by atoms with Gasteiger partial charge in [-0.25, -0.2) is 9.48 Å². The largest absolute Gasteiger partial charge is 0.245 e. The van der Waals surface area contributed by atoms with Crippen molar-refractivity contribution < 1.29 is 4.58 Å². The van der Waals surface area contributed by atoms with Crippen molar-refractivity contribution >= 4 is 17.7 Å². The number of aryl methyl sites for hydroxylation is 6. The van der Waals surface area contributed by atoms with Gasteiger partial charge >= 0.3 is 0 Å². The molecule has 144 valence electrons. The molecule has 0 fully saturated rings. The Morgan fingerprint density at radius 1 is 0.778 bits per heavy atom. The zero-order chi connectivity index (χ0) is 20.1. The molecule has 1 heterocycles. The molecule has 0 N–H and O–H groups in total. The van der Waals surface area contributed by atoms with Gasteiger partial charge in [-0.1, -0.05) is 56.2 Å². The van der Waals surface area contributed by atoms with Gasteiger partial charge in [0.15, 0.2) is 0 Å². The molecular weight excluding hydrogens is 328 g/mol. The third-order valence-electron chi connectivity index (χ3n) is 5.79. The Morgan fingerprint density at radius 3 is 1.67 bits per heavy atom. The van der Waals surface area contributed by atoms with Crippen LogP contribution in [0.4, 0.5) is 11.4 Å². The van der Waals surface area contributed by atoms with Gasteiger partial charge in [0.25, 0.3) is 0 Å². The Kier molecular flexibility index (Phi) is 4.96. The highest BCUT2D eigenvalue weighted by atomic mass is 15.3. The lowest BCUT2D eigenvalue weighted by molar-refractivity contribution is -0.431. The monoisotopic (exact) mass is 363 g/mol. The van der Waals surface area contributed by atoms with Crippen LogP contribution in [0, 0.1) is 47.0 Å². The summed E-state index contributed by atoms with van der Waals surface area (Å²) >= 11 is 0. The summed E-state index contributed by atoms with van der Waals surface area (Å²) < 4.78 is 2.47. The number of nitrogens with zero attached hydrogens (tertiary/aromatic N) is 2. The summed E-state index contributed by atoms with van der Waals surface area (Å²) in [7, 11) is 0. The van der Waals surface area contributed by atoms with Gasteiger partial charge in [-0.05, 0) is 63.8 Å². The van der Waals surface area contributed by atoms with Crippen molar-refractivity contribution in [2.24, 2.45) is 5.41 Å². The zero-order valence-electron chi connectivity index (χ0n) is 18.6. The van der Waals surface area contributed by atoms with E-state index in [9.17, 15) is 0 Å². The first-order chi connectivity index (χ1) is 12.5. The highest BCUT2D eigenvalue weighted by Crippen LogP contribution is 2.37. The van der Waals surface area contributed by atoms with Crippen LogP contribution in [0.3, 0.4) is 0 Å². The molecule has 0 saturated carbocycles. The van der Waals surface area contributed by atoms with Crippen LogP contribution in [-0.4, -0.2) is 23.5 Å². The molecule has 0 bridgehead atoms. The van der Waals surface area contributed by atoms with Crippen LogP contribution in [0.5, 0.6) is 0 Å². The van der Waals surface area contributed by atoms with Crippen LogP contribution < -0.4 is 4.90 Å². The molecule has 3 rings (SSSR count). The van der Waals surface area contributed by atoms with Gasteiger partial charge < -0.3 is 0 Å². The average molecular weight is 364 g/mol. The van der Waals surface area contributed by atoms with Crippen LogP contribution in [0.1, 0.15) is 54.2 Å². The summed E-state index contributed by atoms with van der Waals surface area (Å²) in [6.45, 7) is 21.4. The Bertz CT molecular complexity index is 866. The molecule has 1 unspecified atom stereocenters. The first kappa shape index (κ1) is 19.7. The number of hydrogen-bond donors (Lipinski definition) is 0. The van der Waals surface area contributed by atoms with Gasteiger partial charge in [0.1, 0.15) is 24.0 Å². The van der Waals surface area contributed by atoms with Crippen molar-refractivity contribution in [1.29, 1.82) is 0 Å². The lowest BCUT2D eigenvalue weighted by Gasteiger charge is -2.30. The fourth-order valence-electron chi connectivity index (χ4n) is 4.81. The number of hydrogen-bond acceptors (Lipinski definition) is 1. The maximum Gasteiger partial charge on any atom is 0.245 e. The molecule has 2 aromatic carbocycles. The maximum atomic E-state index is 2.53. The van der Waals surface area contributed by atoms with Gasteiger partial charge in [-0.2, -0.15) is 0 Å². The van der Waals surface area contributed by atoms with Crippen molar-refractivity contribution in [2.75, 3.05) is 11.4 Å². The molecule has 2 aromatic rings. The molecule has 1 atom stereocenters. The van der Waals surface area contributed by atoms with E-state index in [4.69, 9.17) is 0 Å². The molecule has 0 aromatic heterocycles. The fourth-order valence-corrected chi connectivity index (χ4v) is 4.81. The highest BCUT2D eigenvalue weighted by Gasteiger charge is 2.43. The minimum absolute atomic E-state index is 0.182. The molecule has 0 aliphatic carbocycles. The van der Waals surface area contributed by atoms with E-state index in [1.54, 1.807) is 0 Å². The van der Waals surface area contributed by atoms with Crippen LogP contribution in [0.2, 0.25) is 0 Å². The van der Waals surface area contributed by atoms with Crippen LogP contribution >= 0.6 is 0 Å². The van der Waals surface area contributed by atoms with E-state index < -0.39 is 0 Å². The van der Waals surface area contributed by atoms with E-state index in [1.165, 1.54) is 44.8 Å². The van der Waals surface area contributed by atoms with Crippen LogP contribution in [0.15, 0.2) is 24.3 Å². The van der Waals surface area contributed by atoms with Crippen molar-refractivity contribution in [3.63, 3.8) is 0 Å². The molecule has 2 nitrogen and oxygen atoms in total. The van der Waals surface area contributed by atoms with E-state index in [0.717, 1.165) is 6.54 Å². The van der Waals surface area contributed by atoms with Crippen LogP contribution in [-0.2, 0) is 0 Å². The van der Waals surface area contributed by atoms with E-state index in [-0.39, 0.29) is 5.41 Å². The standard InChI is InChI=1S/C25H35N2/c1-16-10-18(3)23(19(4)11-16)26-14-22(25(7,8)9)27(15-26)24-20(5)12-17(2)13-21(24)6/h10-13,15,22H,14H2,1-9H3/q+1. The second-order valence-corrected chi connectivity index (χ2v) is 9.55. The normalized spacial score (nSPS) is 17.4. The van der Waals surface area contributed by atoms with E-state index in [2.05, 4.69) is 102 Å². The average Bonchev–Trinajstić information content (AvgIpc) is 2.89. The predicted octanol–water partition coefficient (Wildman–Crippen LogP) is 6.14. The summed E-state index contributed by atoms with van der Waals surface area (Å²) in [6.07, 6.45) is 2.35. The van der Waals surface area contributed by atoms with E-state index >= 15 is 0 Å². The number of anilines is 1. The Labute approximate surface area is 165 Å². The Hall–Kier alpha value is -2.09. The first-order valence-corrected chi connectivity index (χ1v) is 10.0. The summed E-state index contributed by atoms with van der Waals surface area (Å²) in [6, 6.07) is 9.64. The Balaban J connectivity index is 2.17. The van der Waals surface area contributed by atoms with Gasteiger partial charge in [-0.3, -0.25) is 0 Å². The fraction of sp³-hybridized carbons (Fsp3) is 0.480. The number of rotatable bonds is 2. The minimum Gasteiger partial charge on any atom is -0.229 e. The first-order valence-electron chi connectivity index (χ1n) is 10.0. The number of benzene rings is 2. The second kappa shape index (κ2) is 6.82. The maximum absolute atomic E-state index is 2.53. The van der Waals surface area contributed by atoms with Crippen molar-refractivity contribution in [1.82, 2.24) is 0 Å². The SMILES string of the molecule is Cc1cc(C)c(N2C=[N+](c3c(C)cc(C)cc3C)CC2C(C)(C)C)c(C)c1. The molecule has 2 heteroatoms. The summed E-state index contributed by atoms with van der Waals surface area (Å²) in [5, 5.41) is 0. The van der Waals surface area contributed by atoms with Crippen molar-refractivity contribution in [3.05, 3.63) is 57.6 Å². The quantitative estimate of drug-likeness (QED) is 0.580. The summed E-state index contributed by atoms with van der Waals surface area (Å²) in [5.41, 5.74) is 11.0. The molecule has 1 aliphatic heterocycles. The smallest absolute Gasteiger partial charge is 0.229 e. The van der Waals surface area contributed by atoms with Gasteiger partial charge in [0.2, 0.25) is 6.34 Å². The topological polar surface area (TPSA) is 6.25 Å². The van der Waals surface area contributed by atoms with Crippen molar-refractivity contribution in [3.8, 4) is 0 Å². The van der Waals surface area contributed by atoms with Gasteiger partial charge in [0.05, 0.1) is 0 Å². The lowest BCUT2D eigenvalue weighted by Crippen LogP contribution is -2.42. The van der Waals surface area contributed by atoms with Crippen molar-refractivity contribution in [2.45, 2.75) is 68.4 Å². The molecule has 0 amide bonds. The molecular formula is C25H35N2+. The van der Waals surface area contributed by atoms with Gasteiger partial charge in [-0.15, -0.1) is 0 Å². The second-order valence-electron chi connectivity index (χ2n) is 9.55. The predicted molar refractivity (Wildman–Crippen MR) is 118 cm³/mol. The van der Waals surface area contributed by atoms with E-state index in [0.29, 0.717) is 6.04 Å². The summed E-state index contributed by atoms with van der Waals surface area (Å²) in [5.74, 6) is 0. The van der Waals surface area contributed by atoms with Gasteiger partial charge in [0, 0.05) is 5.41 Å². The third-order valence-corrected chi connectivity index (χ3v) is 5.79. The summed E-state index contributed by atoms with van der Waals surface area (Å²) in [4.78, 5) is 2.53. The molecule has 0 saturated heterocycles. The highest BCUT2D eigenvalue weighted by molar-refractivity contribution is 5.83. The molecule has 0 spiro atoms. The van der Waals surface area contributed by atoms with E-state index in [1.807, 2.05) is 0 Å². The zero-order valence-corrected chi connectivity index (χ0v) is 18.6. The lowest BCUT2D eigenvalue weighted by atomic mass is 9.85. The third kappa shape index (κ3) is 3.67.